The largest absolute Gasteiger partial charge is 0.374 e. The summed E-state index contributed by atoms with van der Waals surface area (Å²) in [5, 5.41) is 0. The van der Waals surface area contributed by atoms with Crippen LogP contribution in [-0.2, 0) is 12.8 Å². The number of anilines is 1. The van der Waals surface area contributed by atoms with Gasteiger partial charge in [-0.05, 0) is 80.0 Å². The molecular weight excluding hydrogens is 406 g/mol. The molecule has 0 aliphatic carbocycles. The lowest BCUT2D eigenvalue weighted by Crippen LogP contribution is -2.39. The molecule has 2 aliphatic rings. The molecule has 33 heavy (non-hydrogen) atoms. The Bertz CT molecular complexity index is 1140. The highest BCUT2D eigenvalue weighted by molar-refractivity contribution is 5.95. The number of carbonyl (C=O) groups excluding carboxylic acids is 1. The first-order valence-corrected chi connectivity index (χ1v) is 12.2. The Morgan fingerprint density at radius 1 is 1.03 bits per heavy atom. The number of rotatable bonds is 4. The fourth-order valence-corrected chi connectivity index (χ4v) is 5.34. The number of likely N-dealkylation sites (tertiary alicyclic amines) is 1. The summed E-state index contributed by atoms with van der Waals surface area (Å²) >= 11 is 0. The molecule has 3 heterocycles. The lowest BCUT2D eigenvalue weighted by Gasteiger charge is -2.33. The van der Waals surface area contributed by atoms with Gasteiger partial charge in [0, 0.05) is 55.7 Å². The maximum absolute atomic E-state index is 13.3. The van der Waals surface area contributed by atoms with Crippen LogP contribution < -0.4 is 4.90 Å². The normalized spacial score (nSPS) is 18.2. The van der Waals surface area contributed by atoms with Crippen molar-refractivity contribution >= 4 is 11.6 Å². The van der Waals surface area contributed by atoms with E-state index in [4.69, 9.17) is 4.98 Å². The number of hydrogen-bond acceptors (Lipinski definition) is 3. The maximum Gasteiger partial charge on any atom is 0.253 e. The van der Waals surface area contributed by atoms with Crippen molar-refractivity contribution in [2.45, 2.75) is 44.9 Å². The van der Waals surface area contributed by atoms with Crippen molar-refractivity contribution in [1.29, 1.82) is 0 Å². The van der Waals surface area contributed by atoms with Crippen molar-refractivity contribution in [3.8, 4) is 0 Å². The van der Waals surface area contributed by atoms with Gasteiger partial charge < -0.3 is 9.80 Å². The highest BCUT2D eigenvalue weighted by Crippen LogP contribution is 2.30. The monoisotopic (exact) mass is 439 g/mol. The number of amides is 1. The van der Waals surface area contributed by atoms with Crippen LogP contribution in [-0.4, -0.2) is 42.5 Å². The van der Waals surface area contributed by atoms with E-state index in [0.29, 0.717) is 5.92 Å². The van der Waals surface area contributed by atoms with E-state index >= 15 is 0 Å². The van der Waals surface area contributed by atoms with E-state index in [1.54, 1.807) is 0 Å². The summed E-state index contributed by atoms with van der Waals surface area (Å²) in [6.07, 6.45) is 7.23. The number of hydrogen-bond donors (Lipinski definition) is 0. The van der Waals surface area contributed by atoms with Gasteiger partial charge in [-0.3, -0.25) is 9.78 Å². The van der Waals surface area contributed by atoms with E-state index in [1.807, 2.05) is 17.2 Å². The van der Waals surface area contributed by atoms with Gasteiger partial charge in [-0.15, -0.1) is 0 Å². The van der Waals surface area contributed by atoms with E-state index in [9.17, 15) is 4.79 Å². The van der Waals surface area contributed by atoms with Crippen LogP contribution >= 0.6 is 0 Å². The molecule has 1 atom stereocenters. The molecule has 2 aliphatic heterocycles. The Morgan fingerprint density at radius 3 is 2.76 bits per heavy atom. The standard InChI is InChI=1S/C29H33N3O/c1-21-6-3-7-22(16-21)17-23-10-12-27(30-19-23)26-9-5-15-32(20-26)29(33)25-11-13-28-24(18-25)8-4-14-31(28)2/h3,6-7,10-13,16,18-19,26H,4-5,8-9,14-15,17,20H2,1-2H3/t26-/m0/s1. The van der Waals surface area contributed by atoms with Gasteiger partial charge in [0.2, 0.25) is 0 Å². The van der Waals surface area contributed by atoms with Crippen LogP contribution in [0.2, 0.25) is 0 Å². The second-order valence-corrected chi connectivity index (χ2v) is 9.72. The number of piperidine rings is 1. The number of aromatic nitrogens is 1. The summed E-state index contributed by atoms with van der Waals surface area (Å²) in [5.41, 5.74) is 8.33. The number of fused-ring (bicyclic) bond motifs is 1. The van der Waals surface area contributed by atoms with E-state index in [-0.39, 0.29) is 5.91 Å². The second kappa shape index (κ2) is 9.38. The predicted molar refractivity (Wildman–Crippen MR) is 134 cm³/mol. The fraction of sp³-hybridized carbons (Fsp3) is 0.379. The van der Waals surface area contributed by atoms with Crippen molar-refractivity contribution in [3.05, 3.63) is 94.3 Å². The SMILES string of the molecule is Cc1cccc(Cc2ccc([C@H]3CCCN(C(=O)c4ccc5c(c4)CCCN5C)C3)nc2)c1. The molecule has 0 radical (unpaired) electrons. The summed E-state index contributed by atoms with van der Waals surface area (Å²) in [4.78, 5) is 22.5. The zero-order valence-electron chi connectivity index (χ0n) is 19.8. The molecule has 0 spiro atoms. The minimum absolute atomic E-state index is 0.159. The first-order chi connectivity index (χ1) is 16.1. The Balaban J connectivity index is 1.26. The average Bonchev–Trinajstić information content (AvgIpc) is 2.84. The van der Waals surface area contributed by atoms with Crippen molar-refractivity contribution in [3.63, 3.8) is 0 Å². The summed E-state index contributed by atoms with van der Waals surface area (Å²) in [6.45, 7) is 4.80. The number of carbonyl (C=O) groups is 1. The molecule has 5 rings (SSSR count). The lowest BCUT2D eigenvalue weighted by molar-refractivity contribution is 0.0706. The van der Waals surface area contributed by atoms with Gasteiger partial charge in [0.25, 0.3) is 5.91 Å². The smallest absolute Gasteiger partial charge is 0.253 e. The molecule has 170 valence electrons. The zero-order valence-corrected chi connectivity index (χ0v) is 19.8. The fourth-order valence-electron chi connectivity index (χ4n) is 5.34. The van der Waals surface area contributed by atoms with Crippen LogP contribution in [0.4, 0.5) is 5.69 Å². The van der Waals surface area contributed by atoms with Crippen molar-refractivity contribution < 1.29 is 4.79 Å². The Labute approximate surface area is 197 Å². The summed E-state index contributed by atoms with van der Waals surface area (Å²) in [6, 6.07) is 19.3. The van der Waals surface area contributed by atoms with Gasteiger partial charge in [-0.25, -0.2) is 0 Å². The number of nitrogens with zero attached hydrogens (tertiary/aromatic N) is 3. The van der Waals surface area contributed by atoms with E-state index in [2.05, 4.69) is 67.4 Å². The number of pyridine rings is 1. The molecule has 0 bridgehead atoms. The lowest BCUT2D eigenvalue weighted by atomic mass is 9.92. The van der Waals surface area contributed by atoms with Crippen LogP contribution in [0.1, 0.15) is 63.5 Å². The van der Waals surface area contributed by atoms with Gasteiger partial charge in [-0.2, -0.15) is 0 Å². The molecule has 0 saturated carbocycles. The van der Waals surface area contributed by atoms with Crippen LogP contribution in [0.15, 0.2) is 60.8 Å². The molecule has 1 fully saturated rings. The highest BCUT2D eigenvalue weighted by Gasteiger charge is 2.27. The van der Waals surface area contributed by atoms with Crippen LogP contribution in [0.5, 0.6) is 0 Å². The highest BCUT2D eigenvalue weighted by atomic mass is 16.2. The second-order valence-electron chi connectivity index (χ2n) is 9.72. The number of benzene rings is 2. The van der Waals surface area contributed by atoms with Gasteiger partial charge in [0.1, 0.15) is 0 Å². The summed E-state index contributed by atoms with van der Waals surface area (Å²) in [5.74, 6) is 0.464. The van der Waals surface area contributed by atoms with Gasteiger partial charge in [0.05, 0.1) is 0 Å². The first-order valence-electron chi connectivity index (χ1n) is 12.2. The Kier molecular flexibility index (Phi) is 6.17. The molecule has 1 aromatic heterocycles. The average molecular weight is 440 g/mol. The first kappa shape index (κ1) is 21.7. The molecule has 3 aromatic rings. The molecule has 2 aromatic carbocycles. The molecule has 0 N–H and O–H groups in total. The van der Waals surface area contributed by atoms with Crippen LogP contribution in [0.25, 0.3) is 0 Å². The Hall–Kier alpha value is -3.14. The third kappa shape index (κ3) is 4.80. The van der Waals surface area contributed by atoms with E-state index in [1.165, 1.54) is 27.9 Å². The third-order valence-corrected chi connectivity index (χ3v) is 7.14. The van der Waals surface area contributed by atoms with Crippen LogP contribution in [0, 0.1) is 6.92 Å². The topological polar surface area (TPSA) is 36.4 Å². The quantitative estimate of drug-likeness (QED) is 0.547. The van der Waals surface area contributed by atoms with Crippen molar-refractivity contribution in [1.82, 2.24) is 9.88 Å². The van der Waals surface area contributed by atoms with Gasteiger partial charge in [0.15, 0.2) is 0 Å². The van der Waals surface area contributed by atoms with Crippen LogP contribution in [0.3, 0.4) is 0 Å². The predicted octanol–water partition coefficient (Wildman–Crippen LogP) is 5.38. The number of aryl methyl sites for hydroxylation is 2. The van der Waals surface area contributed by atoms with Gasteiger partial charge in [-0.1, -0.05) is 35.9 Å². The third-order valence-electron chi connectivity index (χ3n) is 7.14. The summed E-state index contributed by atoms with van der Waals surface area (Å²) in [7, 11) is 2.13. The van der Waals surface area contributed by atoms with Gasteiger partial charge >= 0.3 is 0 Å². The minimum atomic E-state index is 0.159. The molecule has 0 unspecified atom stereocenters. The molecule has 1 saturated heterocycles. The van der Waals surface area contributed by atoms with E-state index < -0.39 is 0 Å². The van der Waals surface area contributed by atoms with Crippen molar-refractivity contribution in [2.24, 2.45) is 0 Å². The zero-order chi connectivity index (χ0) is 22.8. The maximum atomic E-state index is 13.3. The molecule has 4 nitrogen and oxygen atoms in total. The Morgan fingerprint density at radius 2 is 1.94 bits per heavy atom. The van der Waals surface area contributed by atoms with E-state index in [0.717, 1.165) is 63.0 Å². The molecule has 1 amide bonds. The minimum Gasteiger partial charge on any atom is -0.374 e. The molecule has 4 heteroatoms. The summed E-state index contributed by atoms with van der Waals surface area (Å²) < 4.78 is 0. The van der Waals surface area contributed by atoms with Crippen molar-refractivity contribution in [2.75, 3.05) is 31.6 Å². The molecular formula is C29H33N3O.